The summed E-state index contributed by atoms with van der Waals surface area (Å²) in [5, 5.41) is 3.51. The number of methoxy groups -OCH3 is 1. The van der Waals surface area contributed by atoms with Crippen LogP contribution in [0.1, 0.15) is 32.8 Å². The van der Waals surface area contributed by atoms with E-state index in [-0.39, 0.29) is 5.54 Å². The second kappa shape index (κ2) is 8.01. The quantitative estimate of drug-likeness (QED) is 0.762. The van der Waals surface area contributed by atoms with Crippen molar-refractivity contribution in [1.29, 1.82) is 0 Å². The lowest BCUT2D eigenvalue weighted by atomic mass is 10.1. The molecule has 1 aromatic carbocycles. The molecule has 1 rings (SSSR count). The van der Waals surface area contributed by atoms with Crippen molar-refractivity contribution in [1.82, 2.24) is 5.32 Å². The van der Waals surface area contributed by atoms with E-state index in [4.69, 9.17) is 4.74 Å². The number of benzene rings is 1. The summed E-state index contributed by atoms with van der Waals surface area (Å²) < 4.78 is 6.25. The van der Waals surface area contributed by atoms with Crippen molar-refractivity contribution < 1.29 is 4.74 Å². The maximum Gasteiger partial charge on any atom is 0.0479 e. The Morgan fingerprint density at radius 3 is 2.55 bits per heavy atom. The van der Waals surface area contributed by atoms with E-state index in [1.54, 1.807) is 7.11 Å². The van der Waals surface area contributed by atoms with Gasteiger partial charge in [0.05, 0.1) is 0 Å². The van der Waals surface area contributed by atoms with Gasteiger partial charge in [-0.2, -0.15) is 0 Å². The molecule has 0 aliphatic heterocycles. The summed E-state index contributed by atoms with van der Waals surface area (Å²) in [7, 11) is 3.86. The van der Waals surface area contributed by atoms with Crippen molar-refractivity contribution in [3.63, 3.8) is 0 Å². The summed E-state index contributed by atoms with van der Waals surface area (Å²) >= 11 is 3.67. The number of hydrogen-bond donors (Lipinski definition) is 1. The Hall–Kier alpha value is -0.580. The zero-order valence-electron chi connectivity index (χ0n) is 13.3. The number of nitrogens with zero attached hydrogens (tertiary/aromatic N) is 1. The van der Waals surface area contributed by atoms with Gasteiger partial charge in [0, 0.05) is 49.6 Å². The van der Waals surface area contributed by atoms with Crippen LogP contribution in [-0.2, 0) is 11.3 Å². The number of rotatable bonds is 7. The first-order valence-corrected chi connectivity index (χ1v) is 7.86. The SMILES string of the molecule is COCCCN(C)c1ccc(CNC(C)(C)C)c(Br)c1. The average Bonchev–Trinajstić information content (AvgIpc) is 2.36. The van der Waals surface area contributed by atoms with Gasteiger partial charge in [-0.05, 0) is 44.9 Å². The largest absolute Gasteiger partial charge is 0.385 e. The zero-order chi connectivity index (χ0) is 15.2. The van der Waals surface area contributed by atoms with E-state index in [0.717, 1.165) is 30.6 Å². The molecule has 114 valence electrons. The average molecular weight is 343 g/mol. The predicted octanol–water partition coefficient (Wildman–Crippen LogP) is 3.81. The molecule has 0 unspecified atom stereocenters. The molecule has 1 N–H and O–H groups in total. The van der Waals surface area contributed by atoms with Crippen LogP contribution in [0.15, 0.2) is 22.7 Å². The highest BCUT2D eigenvalue weighted by atomic mass is 79.9. The maximum absolute atomic E-state index is 5.09. The Balaban J connectivity index is 2.62. The van der Waals surface area contributed by atoms with Gasteiger partial charge in [-0.15, -0.1) is 0 Å². The summed E-state index contributed by atoms with van der Waals surface area (Å²) in [5.41, 5.74) is 2.65. The van der Waals surface area contributed by atoms with Gasteiger partial charge in [-0.3, -0.25) is 0 Å². The molecule has 0 radical (unpaired) electrons. The number of ether oxygens (including phenoxy) is 1. The molecule has 0 spiro atoms. The molecule has 0 atom stereocenters. The van der Waals surface area contributed by atoms with Crippen LogP contribution in [-0.4, -0.2) is 32.8 Å². The number of halogens is 1. The first kappa shape index (κ1) is 17.5. The highest BCUT2D eigenvalue weighted by Crippen LogP contribution is 2.24. The molecule has 0 fully saturated rings. The van der Waals surface area contributed by atoms with E-state index in [1.807, 2.05) is 0 Å². The summed E-state index contributed by atoms with van der Waals surface area (Å²) in [4.78, 5) is 2.25. The molecule has 0 saturated heterocycles. The molecule has 0 aliphatic carbocycles. The van der Waals surface area contributed by atoms with E-state index in [0.29, 0.717) is 0 Å². The van der Waals surface area contributed by atoms with Crippen LogP contribution in [0.25, 0.3) is 0 Å². The summed E-state index contributed by atoms with van der Waals surface area (Å²) in [6.07, 6.45) is 1.04. The van der Waals surface area contributed by atoms with E-state index in [9.17, 15) is 0 Å². The maximum atomic E-state index is 5.09. The fraction of sp³-hybridized carbons (Fsp3) is 0.625. The van der Waals surface area contributed by atoms with Crippen LogP contribution in [0.3, 0.4) is 0 Å². The Morgan fingerprint density at radius 1 is 1.30 bits per heavy atom. The van der Waals surface area contributed by atoms with Gasteiger partial charge in [0.2, 0.25) is 0 Å². The van der Waals surface area contributed by atoms with E-state index < -0.39 is 0 Å². The number of anilines is 1. The lowest BCUT2D eigenvalue weighted by molar-refractivity contribution is 0.196. The fourth-order valence-corrected chi connectivity index (χ4v) is 2.36. The van der Waals surface area contributed by atoms with Crippen molar-refractivity contribution >= 4 is 21.6 Å². The van der Waals surface area contributed by atoms with Gasteiger partial charge in [0.1, 0.15) is 0 Å². The third-order valence-corrected chi connectivity index (χ3v) is 3.87. The summed E-state index contributed by atoms with van der Waals surface area (Å²) in [6.45, 7) is 9.22. The van der Waals surface area contributed by atoms with E-state index >= 15 is 0 Å². The highest BCUT2D eigenvalue weighted by molar-refractivity contribution is 9.10. The second-order valence-corrected chi connectivity index (χ2v) is 7.00. The lowest BCUT2D eigenvalue weighted by Crippen LogP contribution is -2.35. The minimum Gasteiger partial charge on any atom is -0.385 e. The van der Waals surface area contributed by atoms with Crippen LogP contribution >= 0.6 is 15.9 Å². The van der Waals surface area contributed by atoms with Crippen LogP contribution in [0.5, 0.6) is 0 Å². The van der Waals surface area contributed by atoms with Crippen LogP contribution in [0.4, 0.5) is 5.69 Å². The monoisotopic (exact) mass is 342 g/mol. The first-order chi connectivity index (χ1) is 9.33. The molecule has 0 amide bonds. The lowest BCUT2D eigenvalue weighted by Gasteiger charge is -2.23. The zero-order valence-corrected chi connectivity index (χ0v) is 14.9. The molecular weight excluding hydrogens is 316 g/mol. The van der Waals surface area contributed by atoms with Crippen LogP contribution < -0.4 is 10.2 Å². The highest BCUT2D eigenvalue weighted by Gasteiger charge is 2.10. The van der Waals surface area contributed by atoms with Crippen molar-refractivity contribution in [2.45, 2.75) is 39.3 Å². The van der Waals surface area contributed by atoms with E-state index in [2.05, 4.69) is 72.2 Å². The van der Waals surface area contributed by atoms with Crippen molar-refractivity contribution in [3.8, 4) is 0 Å². The van der Waals surface area contributed by atoms with Crippen molar-refractivity contribution in [2.24, 2.45) is 0 Å². The molecule has 0 aromatic heterocycles. The molecule has 0 heterocycles. The topological polar surface area (TPSA) is 24.5 Å². The summed E-state index contributed by atoms with van der Waals surface area (Å²) in [6, 6.07) is 6.55. The van der Waals surface area contributed by atoms with Crippen molar-refractivity contribution in [3.05, 3.63) is 28.2 Å². The van der Waals surface area contributed by atoms with Gasteiger partial charge in [-0.1, -0.05) is 22.0 Å². The van der Waals surface area contributed by atoms with E-state index in [1.165, 1.54) is 11.3 Å². The first-order valence-electron chi connectivity index (χ1n) is 7.07. The standard InChI is InChI=1S/C16H27BrN2O/c1-16(2,3)18-12-13-7-8-14(11-15(13)17)19(4)9-6-10-20-5/h7-8,11,18H,6,9-10,12H2,1-5H3. The molecular formula is C16H27BrN2O. The minimum absolute atomic E-state index is 0.134. The molecule has 0 saturated carbocycles. The third-order valence-electron chi connectivity index (χ3n) is 3.13. The minimum atomic E-state index is 0.134. The Bertz CT molecular complexity index is 415. The number of nitrogens with one attached hydrogen (secondary N) is 1. The van der Waals surface area contributed by atoms with Crippen LogP contribution in [0.2, 0.25) is 0 Å². The Kier molecular flexibility index (Phi) is 7.00. The van der Waals surface area contributed by atoms with Crippen molar-refractivity contribution in [2.75, 3.05) is 32.2 Å². The fourth-order valence-electron chi connectivity index (χ4n) is 1.85. The normalized spacial score (nSPS) is 11.7. The molecule has 0 bridgehead atoms. The van der Waals surface area contributed by atoms with Gasteiger partial charge < -0.3 is 15.0 Å². The molecule has 3 nitrogen and oxygen atoms in total. The van der Waals surface area contributed by atoms with Gasteiger partial charge in [0.15, 0.2) is 0 Å². The Morgan fingerprint density at radius 2 is 2.00 bits per heavy atom. The predicted molar refractivity (Wildman–Crippen MR) is 90.5 cm³/mol. The summed E-state index contributed by atoms with van der Waals surface area (Å²) in [5.74, 6) is 0. The Labute approximate surface area is 131 Å². The molecule has 20 heavy (non-hydrogen) atoms. The van der Waals surface area contributed by atoms with Gasteiger partial charge in [0.25, 0.3) is 0 Å². The van der Waals surface area contributed by atoms with Gasteiger partial charge in [-0.25, -0.2) is 0 Å². The molecule has 4 heteroatoms. The number of hydrogen-bond acceptors (Lipinski definition) is 3. The third kappa shape index (κ3) is 6.25. The molecule has 0 aliphatic rings. The molecule has 1 aromatic rings. The van der Waals surface area contributed by atoms with Crippen LogP contribution in [0, 0.1) is 0 Å². The smallest absolute Gasteiger partial charge is 0.0479 e. The second-order valence-electron chi connectivity index (χ2n) is 6.15. The van der Waals surface area contributed by atoms with Gasteiger partial charge >= 0.3 is 0 Å².